The van der Waals surface area contributed by atoms with Crippen LogP contribution in [0.1, 0.15) is 25.7 Å². The lowest BCUT2D eigenvalue weighted by atomic mass is 10.0. The van der Waals surface area contributed by atoms with Crippen molar-refractivity contribution >= 4 is 17.3 Å². The molecule has 1 N–H and O–H groups in total. The van der Waals surface area contributed by atoms with Gasteiger partial charge in [-0.25, -0.2) is 4.68 Å². The van der Waals surface area contributed by atoms with Crippen molar-refractivity contribution in [2.24, 2.45) is 11.3 Å². The summed E-state index contributed by atoms with van der Waals surface area (Å²) in [4.78, 5) is 12.1. The van der Waals surface area contributed by atoms with Crippen LogP contribution in [0.2, 0.25) is 5.02 Å². The third-order valence-electron chi connectivity index (χ3n) is 4.46. The Balaban J connectivity index is 1.67. The molecule has 0 saturated heterocycles. The maximum Gasteiger partial charge on any atom is 0.287 e. The van der Waals surface area contributed by atoms with Gasteiger partial charge < -0.3 is 10.1 Å². The fourth-order valence-corrected chi connectivity index (χ4v) is 3.00. The molecule has 5 nitrogen and oxygen atoms in total. The van der Waals surface area contributed by atoms with Gasteiger partial charge in [0.25, 0.3) is 5.56 Å². The Labute approximate surface area is 123 Å². The summed E-state index contributed by atoms with van der Waals surface area (Å²) in [5.74, 6) is 0.879. The molecule has 0 atom stereocenters. The summed E-state index contributed by atoms with van der Waals surface area (Å²) in [5.41, 5.74) is 0.857. The van der Waals surface area contributed by atoms with E-state index in [4.69, 9.17) is 16.3 Å². The minimum absolute atomic E-state index is 0.225. The molecule has 1 aromatic heterocycles. The number of ether oxygens (including phenoxy) is 1. The molecule has 2 fully saturated rings. The molecular formula is C14H20ClN3O2. The Kier molecular flexibility index (Phi) is 3.73. The molecule has 0 amide bonds. The van der Waals surface area contributed by atoms with Crippen LogP contribution in [-0.4, -0.2) is 30.0 Å². The highest BCUT2D eigenvalue weighted by Crippen LogP contribution is 2.61. The standard InChI is InChI=1S/C14H20ClN3O2/c1-20-7-6-18-13(19)12(15)11(8-17-18)16-9-14(4-5-14)10-2-3-10/h8,10,16H,2-7,9H2,1H3. The van der Waals surface area contributed by atoms with Crippen molar-refractivity contribution in [3.8, 4) is 0 Å². The smallest absolute Gasteiger partial charge is 0.287 e. The minimum atomic E-state index is -0.259. The first-order chi connectivity index (χ1) is 9.66. The van der Waals surface area contributed by atoms with E-state index < -0.39 is 0 Å². The highest BCUT2D eigenvalue weighted by molar-refractivity contribution is 6.32. The highest BCUT2D eigenvalue weighted by Gasteiger charge is 2.53. The van der Waals surface area contributed by atoms with Gasteiger partial charge in [0.2, 0.25) is 0 Å². The van der Waals surface area contributed by atoms with E-state index in [2.05, 4.69) is 10.4 Å². The van der Waals surface area contributed by atoms with Crippen molar-refractivity contribution in [1.29, 1.82) is 0 Å². The predicted octanol–water partition coefficient (Wildman–Crippen LogP) is 2.15. The van der Waals surface area contributed by atoms with E-state index in [9.17, 15) is 4.79 Å². The summed E-state index contributed by atoms with van der Waals surface area (Å²) < 4.78 is 6.28. The van der Waals surface area contributed by atoms with Crippen molar-refractivity contribution in [3.63, 3.8) is 0 Å². The van der Waals surface area contributed by atoms with Gasteiger partial charge in [-0.05, 0) is 37.0 Å². The molecule has 6 heteroatoms. The molecule has 0 aromatic carbocycles. The first-order valence-corrected chi connectivity index (χ1v) is 7.52. The lowest BCUT2D eigenvalue weighted by molar-refractivity contribution is 0.182. The van der Waals surface area contributed by atoms with E-state index in [1.54, 1.807) is 13.3 Å². The maximum absolute atomic E-state index is 12.1. The molecule has 2 aliphatic rings. The van der Waals surface area contributed by atoms with E-state index in [1.165, 1.54) is 30.4 Å². The Bertz CT molecular complexity index is 550. The van der Waals surface area contributed by atoms with Crippen LogP contribution in [0, 0.1) is 11.3 Å². The van der Waals surface area contributed by atoms with Gasteiger partial charge in [0.1, 0.15) is 5.02 Å². The maximum atomic E-state index is 12.1. The largest absolute Gasteiger partial charge is 0.383 e. The molecule has 0 spiro atoms. The number of halogens is 1. The number of rotatable bonds is 7. The average molecular weight is 298 g/mol. The molecule has 110 valence electrons. The van der Waals surface area contributed by atoms with Gasteiger partial charge in [-0.15, -0.1) is 0 Å². The van der Waals surface area contributed by atoms with E-state index in [0.29, 0.717) is 24.3 Å². The zero-order valence-corrected chi connectivity index (χ0v) is 12.4. The van der Waals surface area contributed by atoms with E-state index in [1.807, 2.05) is 0 Å². The molecule has 2 saturated carbocycles. The van der Waals surface area contributed by atoms with Crippen LogP contribution in [0.5, 0.6) is 0 Å². The Morgan fingerprint density at radius 3 is 2.90 bits per heavy atom. The first kappa shape index (κ1) is 13.9. The lowest BCUT2D eigenvalue weighted by Crippen LogP contribution is -2.27. The van der Waals surface area contributed by atoms with Crippen molar-refractivity contribution in [3.05, 3.63) is 21.6 Å². The normalized spacial score (nSPS) is 19.9. The predicted molar refractivity (Wildman–Crippen MR) is 78.3 cm³/mol. The quantitative estimate of drug-likeness (QED) is 0.838. The molecule has 0 aliphatic heterocycles. The van der Waals surface area contributed by atoms with Crippen molar-refractivity contribution in [1.82, 2.24) is 9.78 Å². The molecular weight excluding hydrogens is 278 g/mol. The molecule has 20 heavy (non-hydrogen) atoms. The fraction of sp³-hybridized carbons (Fsp3) is 0.714. The minimum Gasteiger partial charge on any atom is -0.383 e. The zero-order valence-electron chi connectivity index (χ0n) is 11.7. The number of hydrogen-bond donors (Lipinski definition) is 1. The van der Waals surface area contributed by atoms with Crippen LogP contribution in [-0.2, 0) is 11.3 Å². The zero-order chi connectivity index (χ0) is 14.2. The summed E-state index contributed by atoms with van der Waals surface area (Å²) in [6, 6.07) is 0. The van der Waals surface area contributed by atoms with E-state index >= 15 is 0 Å². The molecule has 2 aliphatic carbocycles. The molecule has 1 heterocycles. The second kappa shape index (κ2) is 5.37. The lowest BCUT2D eigenvalue weighted by Gasteiger charge is -2.16. The molecule has 3 rings (SSSR count). The SMILES string of the molecule is COCCn1ncc(NCC2(C3CC3)CC2)c(Cl)c1=O. The van der Waals surface area contributed by atoms with E-state index in [-0.39, 0.29) is 10.6 Å². The number of methoxy groups -OCH3 is 1. The van der Waals surface area contributed by atoms with Crippen LogP contribution in [0.4, 0.5) is 5.69 Å². The summed E-state index contributed by atoms with van der Waals surface area (Å²) >= 11 is 6.15. The Hall–Kier alpha value is -1.07. The van der Waals surface area contributed by atoms with Crippen LogP contribution >= 0.6 is 11.6 Å². The second-order valence-electron chi connectivity index (χ2n) is 5.88. The van der Waals surface area contributed by atoms with Gasteiger partial charge in [0.15, 0.2) is 0 Å². The topological polar surface area (TPSA) is 56.1 Å². The fourth-order valence-electron chi connectivity index (χ4n) is 2.78. The number of nitrogens with zero attached hydrogens (tertiary/aromatic N) is 2. The van der Waals surface area contributed by atoms with Crippen molar-refractivity contribution in [2.45, 2.75) is 32.2 Å². The van der Waals surface area contributed by atoms with Crippen LogP contribution < -0.4 is 10.9 Å². The second-order valence-corrected chi connectivity index (χ2v) is 6.26. The van der Waals surface area contributed by atoms with Gasteiger partial charge in [0.05, 0.1) is 25.0 Å². The Morgan fingerprint density at radius 1 is 1.55 bits per heavy atom. The van der Waals surface area contributed by atoms with Gasteiger partial charge >= 0.3 is 0 Å². The summed E-state index contributed by atoms with van der Waals surface area (Å²) in [5, 5.41) is 7.68. The van der Waals surface area contributed by atoms with Crippen LogP contribution in [0.3, 0.4) is 0 Å². The first-order valence-electron chi connectivity index (χ1n) is 7.15. The number of anilines is 1. The number of aromatic nitrogens is 2. The van der Waals surface area contributed by atoms with Crippen LogP contribution in [0.25, 0.3) is 0 Å². The summed E-state index contributed by atoms with van der Waals surface area (Å²) in [6.07, 6.45) is 6.93. The average Bonchev–Trinajstić information content (AvgIpc) is 3.31. The number of hydrogen-bond acceptors (Lipinski definition) is 4. The Morgan fingerprint density at radius 2 is 2.30 bits per heavy atom. The third kappa shape index (κ3) is 2.69. The van der Waals surface area contributed by atoms with Gasteiger partial charge in [-0.2, -0.15) is 5.10 Å². The van der Waals surface area contributed by atoms with E-state index in [0.717, 1.165) is 12.5 Å². The van der Waals surface area contributed by atoms with Gasteiger partial charge in [-0.3, -0.25) is 4.79 Å². The van der Waals surface area contributed by atoms with Crippen molar-refractivity contribution < 1.29 is 4.74 Å². The van der Waals surface area contributed by atoms with Gasteiger partial charge in [-0.1, -0.05) is 11.6 Å². The molecule has 1 aromatic rings. The molecule has 0 radical (unpaired) electrons. The molecule has 0 unspecified atom stereocenters. The number of nitrogens with one attached hydrogen (secondary N) is 1. The monoisotopic (exact) mass is 297 g/mol. The molecule has 0 bridgehead atoms. The summed E-state index contributed by atoms with van der Waals surface area (Å²) in [6.45, 7) is 1.77. The third-order valence-corrected chi connectivity index (χ3v) is 4.82. The van der Waals surface area contributed by atoms with Crippen molar-refractivity contribution in [2.75, 3.05) is 25.6 Å². The van der Waals surface area contributed by atoms with Crippen LogP contribution in [0.15, 0.2) is 11.0 Å². The highest BCUT2D eigenvalue weighted by atomic mass is 35.5. The van der Waals surface area contributed by atoms with Gasteiger partial charge in [0, 0.05) is 13.7 Å². The summed E-state index contributed by atoms with van der Waals surface area (Å²) in [7, 11) is 1.59.